The molecule has 1 aromatic carbocycles. The highest BCUT2D eigenvalue weighted by Gasteiger charge is 1.99. The van der Waals surface area contributed by atoms with Crippen molar-refractivity contribution in [3.63, 3.8) is 0 Å². The summed E-state index contributed by atoms with van der Waals surface area (Å²) in [6.45, 7) is 6.31. The standard InChI is InChI=1S/C13H20N4O/c1-9(2)8-15-13(14)17-12-6-4-5-11(7-12)16-10(3)18/h4-7,9H,8H2,1-3H3,(H,16,18)(H3,14,15,17). The number of carbonyl (C=O) groups is 1. The molecule has 18 heavy (non-hydrogen) atoms. The zero-order valence-corrected chi connectivity index (χ0v) is 11.0. The molecule has 0 bridgehead atoms. The molecule has 0 saturated heterocycles. The molecule has 0 unspecified atom stereocenters. The maximum Gasteiger partial charge on any atom is 0.221 e. The van der Waals surface area contributed by atoms with Crippen LogP contribution >= 0.6 is 0 Å². The Kier molecular flexibility index (Phi) is 5.17. The van der Waals surface area contributed by atoms with Gasteiger partial charge in [0, 0.05) is 24.8 Å². The van der Waals surface area contributed by atoms with Crippen LogP contribution < -0.4 is 16.4 Å². The van der Waals surface area contributed by atoms with Crippen LogP contribution in [-0.4, -0.2) is 18.4 Å². The first-order valence-electron chi connectivity index (χ1n) is 5.92. The van der Waals surface area contributed by atoms with Crippen molar-refractivity contribution in [3.8, 4) is 0 Å². The predicted octanol–water partition coefficient (Wildman–Crippen LogP) is 2.03. The molecule has 5 nitrogen and oxygen atoms in total. The molecule has 0 spiro atoms. The van der Waals surface area contributed by atoms with E-state index in [0.717, 1.165) is 11.4 Å². The fourth-order valence-corrected chi connectivity index (χ4v) is 1.35. The van der Waals surface area contributed by atoms with Gasteiger partial charge >= 0.3 is 0 Å². The first-order chi connectivity index (χ1) is 8.47. The van der Waals surface area contributed by atoms with Gasteiger partial charge in [0.2, 0.25) is 5.91 Å². The van der Waals surface area contributed by atoms with Gasteiger partial charge in [-0.25, -0.2) is 0 Å². The average molecular weight is 248 g/mol. The zero-order chi connectivity index (χ0) is 13.5. The molecule has 0 fully saturated rings. The Morgan fingerprint density at radius 2 is 1.94 bits per heavy atom. The first kappa shape index (κ1) is 14.0. The van der Waals surface area contributed by atoms with E-state index >= 15 is 0 Å². The lowest BCUT2D eigenvalue weighted by Gasteiger charge is -2.08. The van der Waals surface area contributed by atoms with E-state index in [1.807, 2.05) is 18.2 Å². The number of guanidine groups is 1. The van der Waals surface area contributed by atoms with E-state index in [2.05, 4.69) is 29.5 Å². The Balaban J connectivity index is 2.67. The van der Waals surface area contributed by atoms with E-state index in [9.17, 15) is 4.79 Å². The highest BCUT2D eigenvalue weighted by Crippen LogP contribution is 2.14. The van der Waals surface area contributed by atoms with Gasteiger partial charge in [-0.05, 0) is 24.1 Å². The number of nitrogens with two attached hydrogens (primary N) is 1. The van der Waals surface area contributed by atoms with E-state index in [1.165, 1.54) is 6.92 Å². The molecule has 5 heteroatoms. The molecule has 0 atom stereocenters. The Morgan fingerprint density at radius 1 is 1.33 bits per heavy atom. The van der Waals surface area contributed by atoms with Crippen molar-refractivity contribution in [2.45, 2.75) is 20.8 Å². The first-order valence-corrected chi connectivity index (χ1v) is 5.92. The van der Waals surface area contributed by atoms with Gasteiger partial charge in [0.1, 0.15) is 0 Å². The van der Waals surface area contributed by atoms with Crippen LogP contribution in [0.25, 0.3) is 0 Å². The lowest BCUT2D eigenvalue weighted by molar-refractivity contribution is -0.114. The van der Waals surface area contributed by atoms with Gasteiger partial charge in [-0.15, -0.1) is 0 Å². The quantitative estimate of drug-likeness (QED) is 0.563. The molecule has 98 valence electrons. The van der Waals surface area contributed by atoms with Crippen LogP contribution in [0.2, 0.25) is 0 Å². The number of hydrogen-bond donors (Lipinski definition) is 3. The molecule has 0 saturated carbocycles. The molecular formula is C13H20N4O. The maximum atomic E-state index is 10.9. The van der Waals surface area contributed by atoms with Crippen LogP contribution in [0.5, 0.6) is 0 Å². The van der Waals surface area contributed by atoms with Crippen LogP contribution in [0, 0.1) is 5.92 Å². The maximum absolute atomic E-state index is 10.9. The predicted molar refractivity (Wildman–Crippen MR) is 75.7 cm³/mol. The van der Waals surface area contributed by atoms with Crippen LogP contribution in [-0.2, 0) is 4.79 Å². The van der Waals surface area contributed by atoms with Gasteiger partial charge in [0.05, 0.1) is 0 Å². The highest BCUT2D eigenvalue weighted by atomic mass is 16.1. The van der Waals surface area contributed by atoms with E-state index < -0.39 is 0 Å². The topological polar surface area (TPSA) is 79.5 Å². The summed E-state index contributed by atoms with van der Waals surface area (Å²) in [5.74, 6) is 0.744. The minimum atomic E-state index is -0.103. The molecule has 0 aliphatic heterocycles. The Hall–Kier alpha value is -2.04. The second-order valence-corrected chi connectivity index (χ2v) is 4.51. The Bertz CT molecular complexity index is 440. The van der Waals surface area contributed by atoms with Crippen molar-refractivity contribution < 1.29 is 4.79 Å². The monoisotopic (exact) mass is 248 g/mol. The van der Waals surface area contributed by atoms with Gasteiger partial charge in [-0.3, -0.25) is 9.79 Å². The van der Waals surface area contributed by atoms with Gasteiger partial charge in [0.25, 0.3) is 0 Å². The zero-order valence-electron chi connectivity index (χ0n) is 11.0. The molecule has 0 aromatic heterocycles. The number of rotatable bonds is 4. The SMILES string of the molecule is CC(=O)Nc1cccc(NC(N)=NCC(C)C)c1. The van der Waals surface area contributed by atoms with Gasteiger partial charge in [0.15, 0.2) is 5.96 Å². The number of aliphatic imine (C=N–C) groups is 1. The van der Waals surface area contributed by atoms with Crippen molar-refractivity contribution in [3.05, 3.63) is 24.3 Å². The van der Waals surface area contributed by atoms with Gasteiger partial charge < -0.3 is 16.4 Å². The number of benzene rings is 1. The van der Waals surface area contributed by atoms with E-state index in [-0.39, 0.29) is 5.91 Å². The van der Waals surface area contributed by atoms with E-state index in [4.69, 9.17) is 5.73 Å². The number of nitrogens with zero attached hydrogens (tertiary/aromatic N) is 1. The lowest BCUT2D eigenvalue weighted by Crippen LogP contribution is -2.23. The number of anilines is 2. The van der Waals surface area contributed by atoms with Gasteiger partial charge in [-0.2, -0.15) is 0 Å². The van der Waals surface area contributed by atoms with Crippen LogP contribution in [0.4, 0.5) is 11.4 Å². The van der Waals surface area contributed by atoms with E-state index in [0.29, 0.717) is 18.4 Å². The average Bonchev–Trinajstić information content (AvgIpc) is 2.26. The smallest absolute Gasteiger partial charge is 0.221 e. The molecule has 1 rings (SSSR count). The summed E-state index contributed by atoms with van der Waals surface area (Å²) in [4.78, 5) is 15.1. The summed E-state index contributed by atoms with van der Waals surface area (Å²) < 4.78 is 0. The summed E-state index contributed by atoms with van der Waals surface area (Å²) in [5, 5.41) is 5.70. The Labute approximate surface area is 107 Å². The summed E-state index contributed by atoms with van der Waals surface area (Å²) in [6, 6.07) is 7.32. The van der Waals surface area contributed by atoms with Crippen LogP contribution in [0.15, 0.2) is 29.3 Å². The van der Waals surface area contributed by atoms with E-state index in [1.54, 1.807) is 6.07 Å². The molecule has 0 aliphatic carbocycles. The number of amides is 1. The fraction of sp³-hybridized carbons (Fsp3) is 0.385. The molecule has 0 heterocycles. The molecule has 1 aromatic rings. The highest BCUT2D eigenvalue weighted by molar-refractivity contribution is 5.94. The minimum absolute atomic E-state index is 0.103. The summed E-state index contributed by atoms with van der Waals surface area (Å²) >= 11 is 0. The summed E-state index contributed by atoms with van der Waals surface area (Å²) in [5.41, 5.74) is 7.28. The molecular weight excluding hydrogens is 228 g/mol. The third kappa shape index (κ3) is 5.34. The Morgan fingerprint density at radius 3 is 2.50 bits per heavy atom. The largest absolute Gasteiger partial charge is 0.370 e. The van der Waals surface area contributed by atoms with Crippen LogP contribution in [0.1, 0.15) is 20.8 Å². The van der Waals surface area contributed by atoms with Crippen molar-refractivity contribution in [2.24, 2.45) is 16.6 Å². The second kappa shape index (κ2) is 6.64. The molecule has 1 amide bonds. The number of carbonyl (C=O) groups excluding carboxylic acids is 1. The normalized spacial score (nSPS) is 11.4. The number of hydrogen-bond acceptors (Lipinski definition) is 2. The van der Waals surface area contributed by atoms with Gasteiger partial charge in [-0.1, -0.05) is 19.9 Å². The lowest BCUT2D eigenvalue weighted by atomic mass is 10.2. The third-order valence-corrected chi connectivity index (χ3v) is 2.08. The fourth-order valence-electron chi connectivity index (χ4n) is 1.35. The van der Waals surface area contributed by atoms with Crippen molar-refractivity contribution in [1.82, 2.24) is 0 Å². The van der Waals surface area contributed by atoms with Crippen LogP contribution in [0.3, 0.4) is 0 Å². The number of nitrogens with one attached hydrogen (secondary N) is 2. The molecule has 0 radical (unpaired) electrons. The second-order valence-electron chi connectivity index (χ2n) is 4.51. The summed E-state index contributed by atoms with van der Waals surface area (Å²) in [6.07, 6.45) is 0. The van der Waals surface area contributed by atoms with Crippen molar-refractivity contribution >= 4 is 23.2 Å². The molecule has 0 aliphatic rings. The molecule has 4 N–H and O–H groups in total. The van der Waals surface area contributed by atoms with Crippen molar-refractivity contribution in [1.29, 1.82) is 0 Å². The summed E-state index contributed by atoms with van der Waals surface area (Å²) in [7, 11) is 0. The van der Waals surface area contributed by atoms with Crippen molar-refractivity contribution in [2.75, 3.05) is 17.2 Å². The minimum Gasteiger partial charge on any atom is -0.370 e. The third-order valence-electron chi connectivity index (χ3n) is 2.08.